The van der Waals surface area contributed by atoms with Crippen LogP contribution in [0.5, 0.6) is 0 Å². The van der Waals surface area contributed by atoms with E-state index in [-0.39, 0.29) is 22.7 Å². The molecule has 0 bridgehead atoms. The molecule has 6 unspecified atom stereocenters. The molecular formula is C36H28N6O8. The third kappa shape index (κ3) is 4.42. The summed E-state index contributed by atoms with van der Waals surface area (Å²) in [5.41, 5.74) is 2.66. The number of aryl methyl sites for hydroxylation is 2. The molecule has 4 fully saturated rings. The van der Waals surface area contributed by atoms with Crippen LogP contribution in [0, 0.1) is 45.9 Å². The molecule has 4 aromatic rings. The second-order valence-corrected chi connectivity index (χ2v) is 13.0. The molecule has 6 atom stereocenters. The van der Waals surface area contributed by atoms with Crippen molar-refractivity contribution in [1.82, 2.24) is 10.0 Å². The Labute approximate surface area is 284 Å². The standard InChI is InChI=1S/C36H28N6O8/c1-19-9-13-21(14-10-19)29-27-31(35(45)37(33(27)43)23-5-3-7-25(17-23)41(47)48)40-30(22-15-11-20(2)12-16-22)28-32(39(29)40)36(46)38(34(28)44)24-6-4-8-26(18-24)42(49)50/h3-18,27-32H,1-2H3. The maximum absolute atomic E-state index is 14.6. The number of hydrogen-bond donors (Lipinski definition) is 0. The molecule has 4 aromatic carbocycles. The second-order valence-electron chi connectivity index (χ2n) is 13.0. The molecule has 50 heavy (non-hydrogen) atoms. The summed E-state index contributed by atoms with van der Waals surface area (Å²) >= 11 is 0. The summed E-state index contributed by atoms with van der Waals surface area (Å²) in [6.07, 6.45) is 0. The Morgan fingerprint density at radius 1 is 0.500 bits per heavy atom. The van der Waals surface area contributed by atoms with Crippen LogP contribution in [0.15, 0.2) is 97.1 Å². The Bertz CT molecular complexity index is 2000. The zero-order valence-electron chi connectivity index (χ0n) is 26.7. The molecule has 0 spiro atoms. The molecule has 4 aliphatic rings. The van der Waals surface area contributed by atoms with Crippen LogP contribution in [-0.4, -0.2) is 55.6 Å². The van der Waals surface area contributed by atoms with Crippen molar-refractivity contribution in [3.05, 3.63) is 140 Å². The summed E-state index contributed by atoms with van der Waals surface area (Å²) in [5, 5.41) is 26.6. The summed E-state index contributed by atoms with van der Waals surface area (Å²) < 4.78 is 0. The van der Waals surface area contributed by atoms with Gasteiger partial charge in [0.15, 0.2) is 0 Å². The quantitative estimate of drug-likeness (QED) is 0.161. The average molecular weight is 673 g/mol. The zero-order chi connectivity index (χ0) is 35.2. The molecule has 0 saturated carbocycles. The Morgan fingerprint density at radius 2 is 0.860 bits per heavy atom. The minimum atomic E-state index is -1.16. The molecule has 4 aliphatic heterocycles. The van der Waals surface area contributed by atoms with Crippen LogP contribution in [-0.2, 0) is 19.2 Å². The first-order valence-electron chi connectivity index (χ1n) is 15.9. The average Bonchev–Trinajstić information content (AvgIpc) is 3.77. The van der Waals surface area contributed by atoms with Crippen LogP contribution in [0.2, 0.25) is 0 Å². The van der Waals surface area contributed by atoms with Gasteiger partial charge in [0.25, 0.3) is 23.2 Å². The topological polar surface area (TPSA) is 168 Å². The van der Waals surface area contributed by atoms with Gasteiger partial charge in [-0.05, 0) is 37.1 Å². The molecule has 0 N–H and O–H groups in total. The van der Waals surface area contributed by atoms with Gasteiger partial charge in [-0.25, -0.2) is 19.8 Å². The van der Waals surface area contributed by atoms with E-state index >= 15 is 0 Å². The van der Waals surface area contributed by atoms with E-state index in [4.69, 9.17) is 0 Å². The largest absolute Gasteiger partial charge is 0.274 e. The first kappa shape index (κ1) is 31.2. The highest BCUT2D eigenvalue weighted by molar-refractivity contribution is 6.26. The molecule has 4 saturated heterocycles. The predicted octanol–water partition coefficient (Wildman–Crippen LogP) is 4.56. The summed E-state index contributed by atoms with van der Waals surface area (Å²) in [7, 11) is 0. The van der Waals surface area contributed by atoms with Crippen molar-refractivity contribution in [2.75, 3.05) is 9.80 Å². The number of carbonyl (C=O) groups is 4. The van der Waals surface area contributed by atoms with E-state index < -0.39 is 69.5 Å². The number of anilines is 2. The number of fused-ring (bicyclic) bond motifs is 5. The van der Waals surface area contributed by atoms with Crippen LogP contribution in [0.4, 0.5) is 22.7 Å². The summed E-state index contributed by atoms with van der Waals surface area (Å²) in [5.74, 6) is -4.54. The highest BCUT2D eigenvalue weighted by Gasteiger charge is 2.73. The molecule has 4 amide bonds. The monoisotopic (exact) mass is 672 g/mol. The van der Waals surface area contributed by atoms with Gasteiger partial charge in [-0.1, -0.05) is 71.8 Å². The van der Waals surface area contributed by atoms with Gasteiger partial charge in [-0.3, -0.25) is 39.4 Å². The van der Waals surface area contributed by atoms with Gasteiger partial charge in [-0.2, -0.15) is 0 Å². The maximum atomic E-state index is 14.6. The number of nitrogens with zero attached hydrogens (tertiary/aromatic N) is 6. The van der Waals surface area contributed by atoms with Crippen LogP contribution in [0.25, 0.3) is 0 Å². The minimum absolute atomic E-state index is 0.0492. The number of amides is 4. The first-order chi connectivity index (χ1) is 24.0. The molecular weight excluding hydrogens is 644 g/mol. The van der Waals surface area contributed by atoms with Crippen LogP contribution < -0.4 is 9.80 Å². The normalized spacial score (nSPS) is 26.0. The van der Waals surface area contributed by atoms with Gasteiger partial charge in [0.05, 0.1) is 45.1 Å². The molecule has 0 aliphatic carbocycles. The van der Waals surface area contributed by atoms with Crippen molar-refractivity contribution in [3.63, 3.8) is 0 Å². The number of non-ortho nitro benzene ring substituents is 2. The SMILES string of the molecule is Cc1ccc(C2C3C(=O)N(c4cccc([N+](=O)[O-])c4)C(=O)C3N3C(c4ccc(C)cc4)C4C(=O)N(c5cccc([N+](=O)[O-])c5)C(=O)C4N23)cc1. The van der Waals surface area contributed by atoms with Crippen molar-refractivity contribution in [2.24, 2.45) is 11.8 Å². The van der Waals surface area contributed by atoms with E-state index in [2.05, 4.69) is 0 Å². The number of hydrogen-bond acceptors (Lipinski definition) is 10. The molecule has 4 heterocycles. The minimum Gasteiger partial charge on any atom is -0.274 e. The molecule has 8 rings (SSSR count). The van der Waals surface area contributed by atoms with Gasteiger partial charge >= 0.3 is 0 Å². The lowest BCUT2D eigenvalue weighted by atomic mass is 9.84. The first-order valence-corrected chi connectivity index (χ1v) is 15.9. The third-order valence-corrected chi connectivity index (χ3v) is 10.2. The number of carbonyl (C=O) groups excluding carboxylic acids is 4. The fourth-order valence-corrected chi connectivity index (χ4v) is 8.03. The van der Waals surface area contributed by atoms with Crippen LogP contribution in [0.3, 0.4) is 0 Å². The van der Waals surface area contributed by atoms with Crippen molar-refractivity contribution in [3.8, 4) is 0 Å². The molecule has 0 aromatic heterocycles. The number of imide groups is 2. The van der Waals surface area contributed by atoms with Crippen molar-refractivity contribution in [1.29, 1.82) is 0 Å². The zero-order valence-corrected chi connectivity index (χ0v) is 26.7. The number of rotatable bonds is 6. The number of nitro groups is 2. The van der Waals surface area contributed by atoms with E-state index in [1.54, 1.807) is 10.0 Å². The van der Waals surface area contributed by atoms with Gasteiger partial charge in [0.2, 0.25) is 11.8 Å². The number of nitro benzene ring substituents is 2. The summed E-state index contributed by atoms with van der Waals surface area (Å²) in [4.78, 5) is 82.2. The highest BCUT2D eigenvalue weighted by Crippen LogP contribution is 2.59. The van der Waals surface area contributed by atoms with Crippen molar-refractivity contribution >= 4 is 46.4 Å². The summed E-state index contributed by atoms with van der Waals surface area (Å²) in [6.45, 7) is 3.80. The Kier molecular flexibility index (Phi) is 6.99. The molecule has 14 heteroatoms. The third-order valence-electron chi connectivity index (χ3n) is 10.2. The fraction of sp³-hybridized carbons (Fsp3) is 0.222. The predicted molar refractivity (Wildman–Crippen MR) is 177 cm³/mol. The fourth-order valence-electron chi connectivity index (χ4n) is 8.03. The van der Waals surface area contributed by atoms with E-state index in [1.165, 1.54) is 48.5 Å². The molecule has 0 radical (unpaired) electrons. The molecule has 250 valence electrons. The lowest BCUT2D eigenvalue weighted by molar-refractivity contribution is -0.385. The van der Waals surface area contributed by atoms with E-state index in [9.17, 15) is 39.4 Å². The Balaban J connectivity index is 1.32. The lowest BCUT2D eigenvalue weighted by Gasteiger charge is -2.35. The van der Waals surface area contributed by atoms with Crippen LogP contribution >= 0.6 is 0 Å². The van der Waals surface area contributed by atoms with Gasteiger partial charge in [-0.15, -0.1) is 0 Å². The second kappa shape index (κ2) is 11.2. The molecule has 14 nitrogen and oxygen atoms in total. The van der Waals surface area contributed by atoms with E-state index in [0.717, 1.165) is 20.9 Å². The van der Waals surface area contributed by atoms with Crippen molar-refractivity contribution < 1.29 is 29.0 Å². The highest BCUT2D eigenvalue weighted by atomic mass is 16.6. The van der Waals surface area contributed by atoms with Gasteiger partial charge < -0.3 is 0 Å². The number of benzene rings is 4. The Hall–Kier alpha value is -6.12. The van der Waals surface area contributed by atoms with Crippen LogP contribution in [0.1, 0.15) is 34.3 Å². The van der Waals surface area contributed by atoms with Crippen molar-refractivity contribution in [2.45, 2.75) is 38.0 Å². The smallest absolute Gasteiger partial charge is 0.271 e. The maximum Gasteiger partial charge on any atom is 0.271 e. The van der Waals surface area contributed by atoms with E-state index in [1.807, 2.05) is 62.4 Å². The Morgan fingerprint density at radius 3 is 1.20 bits per heavy atom. The van der Waals surface area contributed by atoms with Gasteiger partial charge in [0, 0.05) is 24.3 Å². The number of hydrazine groups is 1. The summed E-state index contributed by atoms with van der Waals surface area (Å²) in [6, 6.07) is 21.3. The van der Waals surface area contributed by atoms with E-state index in [0.29, 0.717) is 11.1 Å². The lowest BCUT2D eigenvalue weighted by Crippen LogP contribution is -2.50. The van der Waals surface area contributed by atoms with Gasteiger partial charge in [0.1, 0.15) is 12.1 Å².